The van der Waals surface area contributed by atoms with Crippen LogP contribution in [-0.2, 0) is 13.2 Å². The molecule has 0 aliphatic rings. The van der Waals surface area contributed by atoms with E-state index in [1.54, 1.807) is 0 Å². The summed E-state index contributed by atoms with van der Waals surface area (Å²) in [5.74, 6) is -3.38. The highest BCUT2D eigenvalue weighted by atomic mass is 127. The van der Waals surface area contributed by atoms with Gasteiger partial charge in [0, 0.05) is 50.9 Å². The number of pyridine rings is 1. The number of anilines is 2. The van der Waals surface area contributed by atoms with Crippen molar-refractivity contribution in [2.24, 2.45) is 7.05 Å². The van der Waals surface area contributed by atoms with Gasteiger partial charge in [0.05, 0.1) is 28.4 Å². The van der Waals surface area contributed by atoms with Gasteiger partial charge in [-0.05, 0) is 24.3 Å². The van der Waals surface area contributed by atoms with Crippen molar-refractivity contribution >= 4 is 57.9 Å². The van der Waals surface area contributed by atoms with E-state index in [0.29, 0.717) is 0 Å². The van der Waals surface area contributed by atoms with Crippen LogP contribution >= 0.6 is 24.0 Å². The summed E-state index contributed by atoms with van der Waals surface area (Å²) in [4.78, 5) is 16.3. The van der Waals surface area contributed by atoms with Gasteiger partial charge in [-0.15, -0.1) is 24.0 Å². The number of rotatable bonds is 4. The van der Waals surface area contributed by atoms with Crippen molar-refractivity contribution in [2.45, 2.75) is 6.18 Å². The number of carbonyl (C=O) groups is 1. The second-order valence-corrected chi connectivity index (χ2v) is 7.30. The first-order valence-corrected chi connectivity index (χ1v) is 9.60. The lowest BCUT2D eigenvalue weighted by atomic mass is 9.97. The number of nitrogens with one attached hydrogen (secondary N) is 2. The van der Waals surface area contributed by atoms with Crippen LogP contribution in [0.15, 0.2) is 48.9 Å². The number of amides is 1. The molecule has 2 aromatic carbocycles. The van der Waals surface area contributed by atoms with Crippen LogP contribution in [0.1, 0.15) is 29.9 Å². The lowest BCUT2D eigenvalue weighted by molar-refractivity contribution is -0.137. The number of benzene rings is 2. The molecule has 0 fully saturated rings. The highest BCUT2D eigenvalue weighted by Gasteiger charge is 2.34. The second kappa shape index (κ2) is 9.56. The molecule has 0 saturated carbocycles. The number of hydrogen-bond acceptors (Lipinski definition) is 5. The molecular weight excluding hydrogens is 586 g/mol. The average Bonchev–Trinajstić information content (AvgIpc) is 3.14. The zero-order chi connectivity index (χ0) is 24.8. The Morgan fingerprint density at radius 1 is 1.14 bits per heavy atom. The number of nitrogens with two attached hydrogens (primary N) is 1. The number of nitrogens with zero attached hydrogens (tertiary/aromatic N) is 3. The Bertz CT molecular complexity index is 1480. The molecule has 0 unspecified atom stereocenters. The monoisotopic (exact) mass is 606 g/mol. The normalized spacial score (nSPS) is 11.3. The summed E-state index contributed by atoms with van der Waals surface area (Å²) in [5, 5.41) is 14.3. The van der Waals surface area contributed by atoms with E-state index in [2.05, 4.69) is 15.4 Å². The van der Waals surface area contributed by atoms with Crippen molar-refractivity contribution in [3.63, 3.8) is 0 Å². The maximum absolute atomic E-state index is 14.8. The molecule has 2 aromatic heterocycles. The van der Waals surface area contributed by atoms with Crippen molar-refractivity contribution in [1.82, 2.24) is 14.8 Å². The largest absolute Gasteiger partial charge is 0.417 e. The topological polar surface area (TPSA) is 110 Å². The van der Waals surface area contributed by atoms with Gasteiger partial charge in [0.25, 0.3) is 5.91 Å². The zero-order valence-electron chi connectivity index (χ0n) is 17.7. The Hall–Kier alpha value is -3.62. The second-order valence-electron chi connectivity index (χ2n) is 7.30. The fraction of sp³-hybridized carbons (Fsp3) is 0.0909. The van der Waals surface area contributed by atoms with E-state index in [9.17, 15) is 26.7 Å². The van der Waals surface area contributed by atoms with E-state index in [1.807, 2.05) is 0 Å². The van der Waals surface area contributed by atoms with Crippen molar-refractivity contribution in [2.75, 3.05) is 11.1 Å². The fourth-order valence-corrected chi connectivity index (χ4v) is 3.46. The van der Waals surface area contributed by atoms with E-state index >= 15 is 0 Å². The number of aromatic nitrogens is 3. The quantitative estimate of drug-likeness (QED) is 0.121. The van der Waals surface area contributed by atoms with E-state index in [4.69, 9.17) is 11.1 Å². The van der Waals surface area contributed by atoms with Gasteiger partial charge in [-0.1, -0.05) is 0 Å². The van der Waals surface area contributed by atoms with Crippen molar-refractivity contribution < 1.29 is 29.6 Å². The molecule has 7 nitrogen and oxygen atoms in total. The summed E-state index contributed by atoms with van der Waals surface area (Å²) < 4.78 is 70.7. The molecule has 13 heteroatoms. The molecular formula is C22H20F5IN6O. The minimum Gasteiger partial charge on any atom is -0.398 e. The predicted octanol–water partition coefficient (Wildman–Crippen LogP) is 5.63. The maximum atomic E-state index is 14.8. The van der Waals surface area contributed by atoms with Crippen LogP contribution in [0.3, 0.4) is 0 Å². The number of nitrogen functional groups attached to an aromatic ring is 1. The van der Waals surface area contributed by atoms with Gasteiger partial charge in [0.1, 0.15) is 17.2 Å². The molecule has 0 aliphatic carbocycles. The third-order valence-electron chi connectivity index (χ3n) is 5.15. The first-order chi connectivity index (χ1) is 16.0. The van der Waals surface area contributed by atoms with Gasteiger partial charge < -0.3 is 11.1 Å². The minimum absolute atomic E-state index is 0. The molecule has 35 heavy (non-hydrogen) atoms. The molecule has 0 saturated heterocycles. The number of carbonyl (C=O) groups excluding carboxylic acids is 1. The number of aryl methyl sites for hydroxylation is 1. The van der Waals surface area contributed by atoms with Gasteiger partial charge >= 0.3 is 6.18 Å². The van der Waals surface area contributed by atoms with Crippen LogP contribution in [0.5, 0.6) is 0 Å². The number of alkyl halides is 3. The molecule has 0 spiro atoms. The molecule has 186 valence electrons. The van der Waals surface area contributed by atoms with Gasteiger partial charge in [-0.3, -0.25) is 19.9 Å². The Morgan fingerprint density at radius 2 is 1.86 bits per heavy atom. The molecule has 4 rings (SSSR count). The Labute approximate surface area is 214 Å². The number of hydrogen-bond donors (Lipinski definition) is 3. The molecule has 0 aliphatic heterocycles. The van der Waals surface area contributed by atoms with Crippen molar-refractivity contribution in [3.05, 3.63) is 82.8 Å². The van der Waals surface area contributed by atoms with Crippen LogP contribution in [-0.4, -0.2) is 26.4 Å². The molecule has 4 N–H and O–H groups in total. The smallest absolute Gasteiger partial charge is 0.398 e. The van der Waals surface area contributed by atoms with E-state index < -0.39 is 46.1 Å². The maximum Gasteiger partial charge on any atom is 0.417 e. The highest BCUT2D eigenvalue weighted by Crippen LogP contribution is 2.33. The zero-order valence-corrected chi connectivity index (χ0v) is 20.1. The predicted molar refractivity (Wildman–Crippen MR) is 134 cm³/mol. The molecule has 0 radical (unpaired) electrons. The third-order valence-corrected chi connectivity index (χ3v) is 5.15. The van der Waals surface area contributed by atoms with Crippen LogP contribution in [0.2, 0.25) is 0 Å². The van der Waals surface area contributed by atoms with E-state index in [0.717, 1.165) is 36.8 Å². The summed E-state index contributed by atoms with van der Waals surface area (Å²) in [6.07, 6.45) is -1.77. The van der Waals surface area contributed by atoms with E-state index in [1.165, 1.54) is 23.9 Å². The van der Waals surface area contributed by atoms with Crippen LogP contribution in [0, 0.1) is 17.0 Å². The van der Waals surface area contributed by atoms with Gasteiger partial charge in [-0.2, -0.15) is 18.3 Å². The SMILES string of the molecule is Cn1ncc2c(F)c(C(=O)Nc3ccc(N)c(C(=N)c4cnccc4C(F)(F)F)c3)c(F)cc21.I.[HH].[HH]. The molecule has 4 aromatic rings. The first kappa shape index (κ1) is 26.0. The highest BCUT2D eigenvalue weighted by molar-refractivity contribution is 14.0. The number of fused-ring (bicyclic) bond motifs is 1. The lowest BCUT2D eigenvalue weighted by Gasteiger charge is -2.15. The van der Waals surface area contributed by atoms with E-state index in [-0.39, 0.29) is 54.7 Å². The fourth-order valence-electron chi connectivity index (χ4n) is 3.46. The Morgan fingerprint density at radius 3 is 2.54 bits per heavy atom. The average molecular weight is 606 g/mol. The summed E-state index contributed by atoms with van der Waals surface area (Å²) >= 11 is 0. The standard InChI is InChI=1S/C22H15F5N6O.HI.2H2/c1-33-17-7-15(23)18(19(24)13(17)9-31-33)21(34)32-10-2-3-16(28)11(6-10)20(29)12-8-30-5-4-14(12)22(25,26)27;;;/h2-9,29H,28H2,1H3,(H,32,34);3*1H. The lowest BCUT2D eigenvalue weighted by Crippen LogP contribution is -2.18. The number of halogens is 6. The van der Waals surface area contributed by atoms with Gasteiger partial charge in [-0.25, -0.2) is 8.78 Å². The molecule has 0 bridgehead atoms. The van der Waals surface area contributed by atoms with Crippen LogP contribution < -0.4 is 11.1 Å². The van der Waals surface area contributed by atoms with Gasteiger partial charge in [0.15, 0.2) is 0 Å². The van der Waals surface area contributed by atoms with Gasteiger partial charge in [0.2, 0.25) is 0 Å². The summed E-state index contributed by atoms with van der Waals surface area (Å²) in [6, 6.07) is 5.37. The Kier molecular flexibility index (Phi) is 7.10. The summed E-state index contributed by atoms with van der Waals surface area (Å²) in [5.41, 5.74) is 2.71. The third kappa shape index (κ3) is 4.80. The van der Waals surface area contributed by atoms with Crippen LogP contribution in [0.25, 0.3) is 10.9 Å². The minimum atomic E-state index is -4.74. The van der Waals surface area contributed by atoms with Crippen LogP contribution in [0.4, 0.5) is 33.3 Å². The first-order valence-electron chi connectivity index (χ1n) is 9.60. The van der Waals surface area contributed by atoms with Crippen molar-refractivity contribution in [1.29, 1.82) is 5.41 Å². The summed E-state index contributed by atoms with van der Waals surface area (Å²) in [6.45, 7) is 0. The Balaban J connectivity index is 0.00000228. The summed E-state index contributed by atoms with van der Waals surface area (Å²) in [7, 11) is 1.48. The molecule has 2 heterocycles. The molecule has 1 amide bonds. The molecule has 0 atom stereocenters. The van der Waals surface area contributed by atoms with Crippen molar-refractivity contribution in [3.8, 4) is 0 Å².